The second-order valence-corrected chi connectivity index (χ2v) is 4.23. The molecule has 1 aromatic rings. The molecule has 6 nitrogen and oxygen atoms in total. The highest BCUT2D eigenvalue weighted by atomic mass is 35.5. The van der Waals surface area contributed by atoms with Gasteiger partial charge in [-0.2, -0.15) is 0 Å². The number of nitrogens with two attached hydrogens (primary N) is 1. The van der Waals surface area contributed by atoms with Crippen LogP contribution in [-0.4, -0.2) is 19.8 Å². The summed E-state index contributed by atoms with van der Waals surface area (Å²) in [5, 5.41) is 0. The summed E-state index contributed by atoms with van der Waals surface area (Å²) in [7, 11) is 2.57. The van der Waals surface area contributed by atoms with Crippen LogP contribution in [0.1, 0.15) is 10.4 Å². The summed E-state index contributed by atoms with van der Waals surface area (Å²) < 4.78 is 1.74. The number of carbonyl (C=O) groups excluding carboxylic acids is 1. The van der Waals surface area contributed by atoms with Crippen LogP contribution in [0.3, 0.4) is 0 Å². The van der Waals surface area contributed by atoms with E-state index in [0.29, 0.717) is 0 Å². The largest absolute Gasteiger partial charge is 0.384 e. The van der Waals surface area contributed by atoms with Crippen molar-refractivity contribution in [3.8, 4) is 0 Å². The van der Waals surface area contributed by atoms with E-state index in [2.05, 4.69) is 0 Å². The van der Waals surface area contributed by atoms with Crippen molar-refractivity contribution in [2.45, 2.75) is 4.84 Å². The zero-order chi connectivity index (χ0) is 12.6. The van der Waals surface area contributed by atoms with Crippen LogP contribution >= 0.6 is 23.2 Å². The highest BCUT2D eigenvalue weighted by Gasteiger charge is 2.24. The first-order valence-corrected chi connectivity index (χ1v) is 5.04. The summed E-state index contributed by atoms with van der Waals surface area (Å²) in [4.78, 5) is 33.2. The third kappa shape index (κ3) is 1.85. The Kier molecular flexibility index (Phi) is 3.44. The van der Waals surface area contributed by atoms with Crippen LogP contribution in [0.15, 0.2) is 9.59 Å². The Morgan fingerprint density at radius 1 is 1.25 bits per heavy atom. The maximum Gasteiger partial charge on any atom is 0.332 e. The molecule has 1 aromatic heterocycles. The number of carbonyl (C=O) groups is 1. The molecule has 0 aromatic carbocycles. The molecule has 0 aliphatic carbocycles. The van der Waals surface area contributed by atoms with E-state index in [1.165, 1.54) is 14.1 Å². The van der Waals surface area contributed by atoms with Crippen LogP contribution in [0.4, 0.5) is 5.82 Å². The Bertz CT molecular complexity index is 559. The number of nitrogens with zero attached hydrogens (tertiary/aromatic N) is 2. The molecule has 0 fully saturated rings. The van der Waals surface area contributed by atoms with Crippen LogP contribution < -0.4 is 17.0 Å². The van der Waals surface area contributed by atoms with E-state index in [4.69, 9.17) is 28.9 Å². The minimum Gasteiger partial charge on any atom is -0.384 e. The summed E-state index contributed by atoms with van der Waals surface area (Å²) in [6, 6.07) is 0. The summed E-state index contributed by atoms with van der Waals surface area (Å²) >= 11 is 10.8. The van der Waals surface area contributed by atoms with E-state index in [1.54, 1.807) is 0 Å². The molecule has 1 rings (SSSR count). The van der Waals surface area contributed by atoms with Crippen molar-refractivity contribution in [2.24, 2.45) is 14.1 Å². The lowest BCUT2D eigenvalue weighted by molar-refractivity contribution is 0.100. The number of hydrogen-bond donors (Lipinski definition) is 1. The summed E-state index contributed by atoms with van der Waals surface area (Å²) in [6.07, 6.45) is 0. The van der Waals surface area contributed by atoms with Gasteiger partial charge in [0.1, 0.15) is 11.4 Å². The molecule has 0 amide bonds. The van der Waals surface area contributed by atoms with Crippen LogP contribution in [0.2, 0.25) is 0 Å². The number of aromatic nitrogens is 2. The average molecular weight is 266 g/mol. The van der Waals surface area contributed by atoms with Crippen molar-refractivity contribution < 1.29 is 4.79 Å². The summed E-state index contributed by atoms with van der Waals surface area (Å²) in [6.45, 7) is 0. The average Bonchev–Trinajstić information content (AvgIpc) is 2.23. The number of alkyl halides is 2. The fourth-order valence-electron chi connectivity index (χ4n) is 1.20. The van der Waals surface area contributed by atoms with Crippen molar-refractivity contribution in [2.75, 3.05) is 5.73 Å². The van der Waals surface area contributed by atoms with Gasteiger partial charge in [-0.25, -0.2) is 4.79 Å². The smallest absolute Gasteiger partial charge is 0.332 e. The van der Waals surface area contributed by atoms with Gasteiger partial charge in [0, 0.05) is 14.1 Å². The van der Waals surface area contributed by atoms with Gasteiger partial charge in [0.25, 0.3) is 5.56 Å². The molecule has 0 aliphatic heterocycles. The SMILES string of the molecule is Cn1c(N)c(C(=O)C(Cl)Cl)c(=O)n(C)c1=O. The number of nitrogen functional groups attached to an aromatic ring is 1. The Morgan fingerprint density at radius 2 is 1.75 bits per heavy atom. The second kappa shape index (κ2) is 4.31. The molecular formula is C8H9Cl2N3O3. The molecule has 0 radical (unpaired) electrons. The zero-order valence-corrected chi connectivity index (χ0v) is 10.0. The van der Waals surface area contributed by atoms with Crippen molar-refractivity contribution in [1.82, 2.24) is 9.13 Å². The number of anilines is 1. The lowest BCUT2D eigenvalue weighted by atomic mass is 10.2. The predicted octanol–water partition coefficient (Wildman–Crippen LogP) is -0.347. The van der Waals surface area contributed by atoms with Gasteiger partial charge in [-0.05, 0) is 0 Å². The van der Waals surface area contributed by atoms with E-state index in [1.807, 2.05) is 0 Å². The van der Waals surface area contributed by atoms with Crippen LogP contribution in [-0.2, 0) is 14.1 Å². The molecule has 0 bridgehead atoms. The Hall–Kier alpha value is -1.27. The molecule has 0 spiro atoms. The lowest BCUT2D eigenvalue weighted by Crippen LogP contribution is -2.42. The van der Waals surface area contributed by atoms with Gasteiger partial charge in [-0.15, -0.1) is 0 Å². The van der Waals surface area contributed by atoms with Crippen molar-refractivity contribution in [3.63, 3.8) is 0 Å². The number of ketones is 1. The van der Waals surface area contributed by atoms with Gasteiger partial charge in [0.2, 0.25) is 5.78 Å². The molecule has 0 atom stereocenters. The van der Waals surface area contributed by atoms with Crippen LogP contribution in [0.5, 0.6) is 0 Å². The monoisotopic (exact) mass is 265 g/mol. The first kappa shape index (κ1) is 12.8. The molecule has 8 heteroatoms. The first-order valence-electron chi connectivity index (χ1n) is 4.17. The fourth-order valence-corrected chi connectivity index (χ4v) is 1.42. The third-order valence-electron chi connectivity index (χ3n) is 2.15. The minimum atomic E-state index is -1.40. The molecule has 0 unspecified atom stereocenters. The first-order chi connectivity index (χ1) is 7.29. The van der Waals surface area contributed by atoms with Crippen molar-refractivity contribution in [3.05, 3.63) is 26.4 Å². The van der Waals surface area contributed by atoms with E-state index in [0.717, 1.165) is 9.13 Å². The topological polar surface area (TPSA) is 87.1 Å². The number of rotatable bonds is 2. The van der Waals surface area contributed by atoms with Gasteiger partial charge in [-0.3, -0.25) is 18.7 Å². The predicted molar refractivity (Wildman–Crippen MR) is 61.2 cm³/mol. The van der Waals surface area contributed by atoms with Gasteiger partial charge in [0.05, 0.1) is 0 Å². The van der Waals surface area contributed by atoms with Crippen LogP contribution in [0, 0.1) is 0 Å². The highest BCUT2D eigenvalue weighted by molar-refractivity contribution is 6.55. The molecule has 88 valence electrons. The van der Waals surface area contributed by atoms with E-state index < -0.39 is 21.9 Å². The maximum absolute atomic E-state index is 11.6. The number of hydrogen-bond acceptors (Lipinski definition) is 4. The molecule has 0 saturated heterocycles. The highest BCUT2D eigenvalue weighted by Crippen LogP contribution is 2.12. The normalized spacial score (nSPS) is 10.8. The Balaban J connectivity index is 3.72. The second-order valence-electron chi connectivity index (χ2n) is 3.13. The summed E-state index contributed by atoms with van der Waals surface area (Å²) in [5.74, 6) is -1.07. The van der Waals surface area contributed by atoms with E-state index >= 15 is 0 Å². The van der Waals surface area contributed by atoms with Crippen molar-refractivity contribution >= 4 is 34.8 Å². The fraction of sp³-hybridized carbons (Fsp3) is 0.375. The standard InChI is InChI=1S/C8H9Cl2N3O3/c1-12-6(11)3(4(14)5(9)10)7(15)13(2)8(12)16/h5H,11H2,1-2H3. The quantitative estimate of drug-likeness (QED) is 0.585. The molecule has 1 heterocycles. The minimum absolute atomic E-state index is 0.246. The number of halogens is 2. The number of Topliss-reactive ketones (excluding diaryl/α,β-unsaturated/α-hetero) is 1. The molecule has 0 saturated carbocycles. The molecule has 2 N–H and O–H groups in total. The van der Waals surface area contributed by atoms with E-state index in [-0.39, 0.29) is 11.4 Å². The van der Waals surface area contributed by atoms with Gasteiger partial charge in [0.15, 0.2) is 4.84 Å². The van der Waals surface area contributed by atoms with Crippen LogP contribution in [0.25, 0.3) is 0 Å². The van der Waals surface area contributed by atoms with Gasteiger partial charge >= 0.3 is 5.69 Å². The Labute approximate surface area is 100 Å². The zero-order valence-electron chi connectivity index (χ0n) is 8.53. The van der Waals surface area contributed by atoms with Crippen molar-refractivity contribution in [1.29, 1.82) is 0 Å². The third-order valence-corrected chi connectivity index (χ3v) is 2.55. The van der Waals surface area contributed by atoms with E-state index in [9.17, 15) is 14.4 Å². The molecule has 16 heavy (non-hydrogen) atoms. The maximum atomic E-state index is 11.6. The lowest BCUT2D eigenvalue weighted by Gasteiger charge is -2.10. The molecule has 0 aliphatic rings. The Morgan fingerprint density at radius 3 is 2.19 bits per heavy atom. The molecular weight excluding hydrogens is 257 g/mol. The van der Waals surface area contributed by atoms with Gasteiger partial charge in [-0.1, -0.05) is 23.2 Å². The van der Waals surface area contributed by atoms with Gasteiger partial charge < -0.3 is 5.73 Å². The summed E-state index contributed by atoms with van der Waals surface area (Å²) in [5.41, 5.74) is 3.69.